The number of benzene rings is 1. The van der Waals surface area contributed by atoms with Gasteiger partial charge in [-0.2, -0.15) is 0 Å². The van der Waals surface area contributed by atoms with Crippen LogP contribution in [0.25, 0.3) is 0 Å². The Labute approximate surface area is 124 Å². The predicted octanol–water partition coefficient (Wildman–Crippen LogP) is 1.36. The van der Waals surface area contributed by atoms with E-state index in [1.807, 2.05) is 38.1 Å². The smallest absolute Gasteiger partial charge is 0.251 e. The first-order valence-corrected chi connectivity index (χ1v) is 7.46. The zero-order chi connectivity index (χ0) is 15.0. The van der Waals surface area contributed by atoms with Crippen LogP contribution in [-0.2, 0) is 16.1 Å². The molecule has 21 heavy (non-hydrogen) atoms. The topological polar surface area (TPSA) is 61.4 Å². The van der Waals surface area contributed by atoms with Crippen LogP contribution in [0.2, 0.25) is 0 Å². The molecule has 3 rings (SSSR count). The zero-order valence-corrected chi connectivity index (χ0v) is 12.5. The highest BCUT2D eigenvalue weighted by atomic mass is 16.2. The van der Waals surface area contributed by atoms with E-state index in [1.165, 1.54) is 0 Å². The molecule has 2 amide bonds. The van der Waals surface area contributed by atoms with E-state index in [1.54, 1.807) is 4.90 Å². The van der Waals surface area contributed by atoms with Crippen molar-refractivity contribution in [1.82, 2.24) is 10.2 Å². The molecule has 2 aliphatic heterocycles. The zero-order valence-electron chi connectivity index (χ0n) is 12.5. The molecule has 5 nitrogen and oxygen atoms in total. The van der Waals surface area contributed by atoms with Gasteiger partial charge >= 0.3 is 0 Å². The lowest BCUT2D eigenvalue weighted by molar-refractivity contribution is -0.147. The quantitative estimate of drug-likeness (QED) is 0.820. The van der Waals surface area contributed by atoms with E-state index in [0.717, 1.165) is 17.8 Å². The third kappa shape index (κ3) is 2.21. The molecule has 0 saturated carbocycles. The van der Waals surface area contributed by atoms with Crippen molar-refractivity contribution in [2.24, 2.45) is 5.92 Å². The van der Waals surface area contributed by atoms with Gasteiger partial charge in [-0.25, -0.2) is 0 Å². The normalized spacial score (nSPS) is 24.9. The number of anilines is 1. The van der Waals surface area contributed by atoms with Crippen molar-refractivity contribution in [1.29, 1.82) is 0 Å². The number of rotatable bonds is 1. The first-order valence-electron chi connectivity index (χ1n) is 7.46. The van der Waals surface area contributed by atoms with Crippen LogP contribution in [0, 0.1) is 5.92 Å². The van der Waals surface area contributed by atoms with E-state index in [-0.39, 0.29) is 17.7 Å². The fourth-order valence-electron chi connectivity index (χ4n) is 3.17. The summed E-state index contributed by atoms with van der Waals surface area (Å²) < 4.78 is 0. The van der Waals surface area contributed by atoms with Gasteiger partial charge in [-0.15, -0.1) is 0 Å². The third-order valence-electron chi connectivity index (χ3n) is 4.43. The second-order valence-electron chi connectivity index (χ2n) is 6.15. The van der Waals surface area contributed by atoms with Crippen molar-refractivity contribution in [3.05, 3.63) is 29.8 Å². The van der Waals surface area contributed by atoms with Crippen LogP contribution >= 0.6 is 0 Å². The SMILES string of the molecule is CC(C)C(=O)N1Cc2ccccc2NC(=O)C12CCNC2. The molecule has 2 N–H and O–H groups in total. The Hall–Kier alpha value is -1.88. The summed E-state index contributed by atoms with van der Waals surface area (Å²) in [4.78, 5) is 27.3. The van der Waals surface area contributed by atoms with Crippen molar-refractivity contribution < 1.29 is 9.59 Å². The lowest BCUT2D eigenvalue weighted by Gasteiger charge is -2.38. The molecule has 1 aromatic carbocycles. The average Bonchev–Trinajstić information content (AvgIpc) is 2.91. The number of nitrogens with zero attached hydrogens (tertiary/aromatic N) is 1. The standard InChI is InChI=1S/C16H21N3O2/c1-11(2)14(20)19-9-12-5-3-4-6-13(12)18-15(21)16(19)7-8-17-10-16/h3-6,11,17H,7-10H2,1-2H3,(H,18,21). The van der Waals surface area contributed by atoms with E-state index in [2.05, 4.69) is 10.6 Å². The van der Waals surface area contributed by atoms with Gasteiger partial charge in [0.1, 0.15) is 5.54 Å². The summed E-state index contributed by atoms with van der Waals surface area (Å²) in [6.45, 7) is 5.52. The number of nitrogens with one attached hydrogen (secondary N) is 2. The molecule has 0 radical (unpaired) electrons. The minimum Gasteiger partial charge on any atom is -0.324 e. The summed E-state index contributed by atoms with van der Waals surface area (Å²) in [5.41, 5.74) is 1.04. The van der Waals surface area contributed by atoms with Gasteiger partial charge in [-0.05, 0) is 24.6 Å². The van der Waals surface area contributed by atoms with E-state index in [9.17, 15) is 9.59 Å². The number of carbonyl (C=O) groups is 2. The van der Waals surface area contributed by atoms with Crippen molar-refractivity contribution in [3.8, 4) is 0 Å². The van der Waals surface area contributed by atoms with E-state index < -0.39 is 5.54 Å². The largest absolute Gasteiger partial charge is 0.324 e. The minimum absolute atomic E-state index is 0.0329. The third-order valence-corrected chi connectivity index (χ3v) is 4.43. The van der Waals surface area contributed by atoms with Gasteiger partial charge in [0.25, 0.3) is 5.91 Å². The van der Waals surface area contributed by atoms with Crippen molar-refractivity contribution in [2.45, 2.75) is 32.4 Å². The van der Waals surface area contributed by atoms with Gasteiger partial charge < -0.3 is 15.5 Å². The van der Waals surface area contributed by atoms with E-state index in [0.29, 0.717) is 19.5 Å². The number of hydrogen-bond donors (Lipinski definition) is 2. The van der Waals surface area contributed by atoms with Crippen LogP contribution in [0.5, 0.6) is 0 Å². The van der Waals surface area contributed by atoms with Crippen LogP contribution in [0.15, 0.2) is 24.3 Å². The molecule has 0 aliphatic carbocycles. The summed E-state index contributed by atoms with van der Waals surface area (Å²) >= 11 is 0. The molecular weight excluding hydrogens is 266 g/mol. The first kappa shape index (κ1) is 14.1. The molecule has 0 bridgehead atoms. The van der Waals surface area contributed by atoms with Gasteiger partial charge in [0, 0.05) is 24.7 Å². The number of amides is 2. The monoisotopic (exact) mass is 287 g/mol. The van der Waals surface area contributed by atoms with Crippen LogP contribution in [0.4, 0.5) is 5.69 Å². The number of hydrogen-bond acceptors (Lipinski definition) is 3. The van der Waals surface area contributed by atoms with E-state index >= 15 is 0 Å². The molecule has 1 aromatic rings. The highest BCUT2D eigenvalue weighted by Gasteiger charge is 2.50. The second kappa shape index (κ2) is 5.15. The molecule has 5 heteroatoms. The number of para-hydroxylation sites is 1. The Balaban J connectivity index is 2.08. The van der Waals surface area contributed by atoms with Crippen molar-refractivity contribution in [3.63, 3.8) is 0 Å². The highest BCUT2D eigenvalue weighted by molar-refractivity contribution is 6.02. The average molecular weight is 287 g/mol. The fourth-order valence-corrected chi connectivity index (χ4v) is 3.17. The summed E-state index contributed by atoms with van der Waals surface area (Å²) in [6, 6.07) is 7.71. The lowest BCUT2D eigenvalue weighted by atomic mass is 9.93. The van der Waals surface area contributed by atoms with Gasteiger partial charge in [0.15, 0.2) is 0 Å². The Kier molecular flexibility index (Phi) is 3.45. The van der Waals surface area contributed by atoms with Gasteiger partial charge in [0.2, 0.25) is 5.91 Å². The molecule has 1 saturated heterocycles. The Morgan fingerprint density at radius 3 is 2.76 bits per heavy atom. The van der Waals surface area contributed by atoms with Crippen LogP contribution < -0.4 is 10.6 Å². The molecule has 112 valence electrons. The van der Waals surface area contributed by atoms with Crippen LogP contribution in [0.3, 0.4) is 0 Å². The molecule has 2 aliphatic rings. The van der Waals surface area contributed by atoms with Crippen LogP contribution in [0.1, 0.15) is 25.8 Å². The maximum absolute atomic E-state index is 12.8. The van der Waals surface area contributed by atoms with Crippen molar-refractivity contribution in [2.75, 3.05) is 18.4 Å². The summed E-state index contributed by atoms with van der Waals surface area (Å²) in [5, 5.41) is 6.24. The Morgan fingerprint density at radius 2 is 2.10 bits per heavy atom. The number of fused-ring (bicyclic) bond motifs is 1. The molecular formula is C16H21N3O2. The molecule has 1 atom stereocenters. The molecule has 1 fully saturated rings. The lowest BCUT2D eigenvalue weighted by Crippen LogP contribution is -2.59. The highest BCUT2D eigenvalue weighted by Crippen LogP contribution is 2.33. The summed E-state index contributed by atoms with van der Waals surface area (Å²) in [6.07, 6.45) is 0.658. The second-order valence-corrected chi connectivity index (χ2v) is 6.15. The van der Waals surface area contributed by atoms with Crippen molar-refractivity contribution >= 4 is 17.5 Å². The maximum Gasteiger partial charge on any atom is 0.251 e. The maximum atomic E-state index is 12.8. The molecule has 1 unspecified atom stereocenters. The van der Waals surface area contributed by atoms with E-state index in [4.69, 9.17) is 0 Å². The van der Waals surface area contributed by atoms with Gasteiger partial charge in [-0.1, -0.05) is 32.0 Å². The minimum atomic E-state index is -0.764. The molecule has 0 aromatic heterocycles. The Bertz CT molecular complexity index is 577. The molecule has 2 heterocycles. The Morgan fingerprint density at radius 1 is 1.33 bits per heavy atom. The van der Waals surface area contributed by atoms with Crippen LogP contribution in [-0.4, -0.2) is 35.3 Å². The fraction of sp³-hybridized carbons (Fsp3) is 0.500. The predicted molar refractivity (Wildman–Crippen MR) is 80.7 cm³/mol. The first-order chi connectivity index (χ1) is 10.0. The van der Waals surface area contributed by atoms with Gasteiger partial charge in [-0.3, -0.25) is 9.59 Å². The summed E-state index contributed by atoms with van der Waals surface area (Å²) in [7, 11) is 0. The molecule has 1 spiro atoms. The van der Waals surface area contributed by atoms with Gasteiger partial charge in [0.05, 0.1) is 0 Å². The number of carbonyl (C=O) groups excluding carboxylic acids is 2. The summed E-state index contributed by atoms with van der Waals surface area (Å²) in [5.74, 6) is -0.169.